The van der Waals surface area contributed by atoms with Crippen molar-refractivity contribution in [2.45, 2.75) is 38.2 Å². The van der Waals surface area contributed by atoms with Gasteiger partial charge in [0.05, 0.1) is 33.8 Å². The number of carbonyl (C=O) groups is 1. The maximum atomic E-state index is 12.4. The molecule has 1 aromatic carbocycles. The number of amides is 1. The fourth-order valence-corrected chi connectivity index (χ4v) is 4.34. The second-order valence-corrected chi connectivity index (χ2v) is 8.69. The number of fused-ring (bicyclic) bond motifs is 3. The molecule has 3 aromatic rings. The molecule has 1 aliphatic rings. The van der Waals surface area contributed by atoms with Gasteiger partial charge in [-0.1, -0.05) is 23.2 Å². The Morgan fingerprint density at radius 2 is 2.14 bits per heavy atom. The minimum atomic E-state index is -0.885. The Morgan fingerprint density at radius 1 is 1.39 bits per heavy atom. The molecule has 7 nitrogen and oxygen atoms in total. The van der Waals surface area contributed by atoms with Crippen molar-refractivity contribution in [3.63, 3.8) is 0 Å². The molecular formula is C19H21Cl2N5O2. The Hall–Kier alpha value is -2.09. The van der Waals surface area contributed by atoms with E-state index in [1.165, 1.54) is 4.80 Å². The van der Waals surface area contributed by atoms with Crippen molar-refractivity contribution in [3.05, 3.63) is 33.6 Å². The molecule has 2 aromatic heterocycles. The number of aliphatic hydroxyl groups is 1. The van der Waals surface area contributed by atoms with E-state index in [4.69, 9.17) is 23.2 Å². The van der Waals surface area contributed by atoms with E-state index in [0.717, 1.165) is 22.2 Å². The van der Waals surface area contributed by atoms with Crippen molar-refractivity contribution in [2.24, 2.45) is 7.05 Å². The van der Waals surface area contributed by atoms with Crippen LogP contribution in [-0.2, 0) is 18.3 Å². The average molecular weight is 422 g/mol. The van der Waals surface area contributed by atoms with E-state index in [1.54, 1.807) is 33.2 Å². The van der Waals surface area contributed by atoms with Gasteiger partial charge in [-0.2, -0.15) is 15.0 Å². The number of hydrogen-bond donors (Lipinski definition) is 3. The van der Waals surface area contributed by atoms with Gasteiger partial charge in [-0.05, 0) is 31.9 Å². The summed E-state index contributed by atoms with van der Waals surface area (Å²) in [5, 5.41) is 23.5. The molecule has 1 aliphatic heterocycles. The number of halogens is 2. The first-order chi connectivity index (χ1) is 13.1. The Kier molecular flexibility index (Phi) is 4.64. The van der Waals surface area contributed by atoms with Gasteiger partial charge in [-0.15, -0.1) is 0 Å². The number of rotatable bonds is 3. The summed E-state index contributed by atoms with van der Waals surface area (Å²) < 4.78 is 0. The summed E-state index contributed by atoms with van der Waals surface area (Å²) in [7, 11) is 1.74. The molecule has 0 saturated carbocycles. The van der Waals surface area contributed by atoms with Crippen LogP contribution < -0.4 is 5.32 Å². The van der Waals surface area contributed by atoms with E-state index < -0.39 is 5.60 Å². The predicted octanol–water partition coefficient (Wildman–Crippen LogP) is 3.19. The maximum absolute atomic E-state index is 12.4. The summed E-state index contributed by atoms with van der Waals surface area (Å²) in [5.41, 5.74) is 2.96. The molecule has 0 bridgehead atoms. The van der Waals surface area contributed by atoms with Gasteiger partial charge >= 0.3 is 0 Å². The van der Waals surface area contributed by atoms with Crippen LogP contribution in [0, 0.1) is 0 Å². The SMILES string of the molecule is Cn1ncc(-c2cc(Cl)c(Cl)c3[nH]c4c(c23)CC(=O)NC[C@H]4CC(C)(C)O)n1. The number of aromatic nitrogens is 4. The van der Waals surface area contributed by atoms with Gasteiger partial charge in [0.2, 0.25) is 5.91 Å². The number of nitrogens with zero attached hydrogens (tertiary/aromatic N) is 3. The largest absolute Gasteiger partial charge is 0.390 e. The molecule has 3 N–H and O–H groups in total. The Labute approximate surface area is 172 Å². The third-order valence-electron chi connectivity index (χ3n) is 5.02. The minimum Gasteiger partial charge on any atom is -0.390 e. The zero-order valence-electron chi connectivity index (χ0n) is 15.8. The summed E-state index contributed by atoms with van der Waals surface area (Å²) in [6.07, 6.45) is 2.35. The fraction of sp³-hybridized carbons (Fsp3) is 0.421. The molecule has 0 spiro atoms. The number of nitrogens with one attached hydrogen (secondary N) is 2. The van der Waals surface area contributed by atoms with Gasteiger partial charge in [0.15, 0.2) is 0 Å². The molecule has 0 saturated heterocycles. The zero-order valence-corrected chi connectivity index (χ0v) is 17.3. The van der Waals surface area contributed by atoms with Crippen molar-refractivity contribution in [3.8, 4) is 11.3 Å². The highest BCUT2D eigenvalue weighted by molar-refractivity contribution is 6.45. The lowest BCUT2D eigenvalue weighted by molar-refractivity contribution is -0.120. The average Bonchev–Trinajstić information content (AvgIpc) is 3.15. The van der Waals surface area contributed by atoms with Gasteiger partial charge < -0.3 is 15.4 Å². The third-order valence-corrected chi connectivity index (χ3v) is 5.81. The number of carbonyl (C=O) groups excluding carboxylic acids is 1. The number of aryl methyl sites for hydroxylation is 1. The Morgan fingerprint density at radius 3 is 2.79 bits per heavy atom. The highest BCUT2D eigenvalue weighted by atomic mass is 35.5. The molecule has 0 unspecified atom stereocenters. The maximum Gasteiger partial charge on any atom is 0.224 e. The van der Waals surface area contributed by atoms with Gasteiger partial charge in [-0.25, -0.2) is 0 Å². The van der Waals surface area contributed by atoms with Crippen LogP contribution in [0.5, 0.6) is 0 Å². The second-order valence-electron chi connectivity index (χ2n) is 7.90. The van der Waals surface area contributed by atoms with Crippen molar-refractivity contribution >= 4 is 40.0 Å². The van der Waals surface area contributed by atoms with Gasteiger partial charge in [0.1, 0.15) is 5.69 Å². The fourth-order valence-electron chi connectivity index (χ4n) is 3.94. The predicted molar refractivity (Wildman–Crippen MR) is 109 cm³/mol. The molecule has 28 heavy (non-hydrogen) atoms. The first-order valence-corrected chi connectivity index (χ1v) is 9.78. The second kappa shape index (κ2) is 6.76. The van der Waals surface area contributed by atoms with Crippen LogP contribution in [0.3, 0.4) is 0 Å². The molecule has 3 heterocycles. The lowest BCUT2D eigenvalue weighted by atomic mass is 9.88. The molecule has 0 aliphatic carbocycles. The smallest absolute Gasteiger partial charge is 0.224 e. The first kappa shape index (κ1) is 19.2. The van der Waals surface area contributed by atoms with Crippen LogP contribution >= 0.6 is 23.2 Å². The van der Waals surface area contributed by atoms with Crippen molar-refractivity contribution in [1.29, 1.82) is 0 Å². The van der Waals surface area contributed by atoms with Crippen molar-refractivity contribution in [2.75, 3.05) is 6.54 Å². The quantitative estimate of drug-likeness (QED) is 0.604. The van der Waals surface area contributed by atoms with Crippen LogP contribution in [-0.4, -0.2) is 43.1 Å². The van der Waals surface area contributed by atoms with E-state index >= 15 is 0 Å². The lowest BCUT2D eigenvalue weighted by Gasteiger charge is -2.24. The normalized spacial score (nSPS) is 17.5. The summed E-state index contributed by atoms with van der Waals surface area (Å²) in [5.74, 6) is -0.157. The molecule has 1 atom stereocenters. The van der Waals surface area contributed by atoms with Gasteiger partial charge in [0, 0.05) is 36.2 Å². The third kappa shape index (κ3) is 3.38. The molecule has 148 valence electrons. The molecule has 4 rings (SSSR count). The monoisotopic (exact) mass is 421 g/mol. The number of hydrogen-bond acceptors (Lipinski definition) is 4. The van der Waals surface area contributed by atoms with Crippen LogP contribution in [0.25, 0.3) is 22.2 Å². The topological polar surface area (TPSA) is 95.8 Å². The number of H-pyrrole nitrogens is 1. The highest BCUT2D eigenvalue weighted by Crippen LogP contribution is 2.43. The van der Waals surface area contributed by atoms with Crippen molar-refractivity contribution < 1.29 is 9.90 Å². The molecule has 0 radical (unpaired) electrons. The Bertz CT molecular complexity index is 1080. The number of benzene rings is 1. The van der Waals surface area contributed by atoms with Crippen molar-refractivity contribution in [1.82, 2.24) is 25.3 Å². The molecule has 0 fully saturated rings. The summed E-state index contributed by atoms with van der Waals surface area (Å²) >= 11 is 12.9. The van der Waals surface area contributed by atoms with Gasteiger partial charge in [0.25, 0.3) is 0 Å². The van der Waals surface area contributed by atoms with E-state index in [0.29, 0.717) is 34.2 Å². The van der Waals surface area contributed by atoms with E-state index in [2.05, 4.69) is 20.5 Å². The molecule has 1 amide bonds. The summed E-state index contributed by atoms with van der Waals surface area (Å²) in [6, 6.07) is 1.76. The highest BCUT2D eigenvalue weighted by Gasteiger charge is 2.32. The van der Waals surface area contributed by atoms with E-state index in [-0.39, 0.29) is 18.2 Å². The first-order valence-electron chi connectivity index (χ1n) is 9.02. The van der Waals surface area contributed by atoms with Crippen LogP contribution in [0.2, 0.25) is 10.0 Å². The van der Waals surface area contributed by atoms with E-state index in [1.807, 2.05) is 0 Å². The minimum absolute atomic E-state index is 0.0726. The van der Waals surface area contributed by atoms with E-state index in [9.17, 15) is 9.90 Å². The standard InChI is InChI=1S/C19H21Cl2N5O2/c1-19(2,28)6-9-7-22-14(27)5-11-15-10(13-8-23-26(3)25-13)4-12(20)16(21)18(15)24-17(9)11/h4,8-9,24,28H,5-7H2,1-3H3,(H,22,27)/t9-/m1/s1. The lowest BCUT2D eigenvalue weighted by Crippen LogP contribution is -2.30. The van der Waals surface area contributed by atoms with Crippen LogP contribution in [0.1, 0.15) is 37.4 Å². The zero-order chi connectivity index (χ0) is 20.2. The summed E-state index contributed by atoms with van der Waals surface area (Å²) in [4.78, 5) is 17.3. The van der Waals surface area contributed by atoms with Gasteiger partial charge in [-0.3, -0.25) is 4.79 Å². The van der Waals surface area contributed by atoms with Crippen LogP contribution in [0.4, 0.5) is 0 Å². The van der Waals surface area contributed by atoms with Crippen LogP contribution in [0.15, 0.2) is 12.3 Å². The molecule has 9 heteroatoms. The number of aromatic amines is 1. The summed E-state index contributed by atoms with van der Waals surface area (Å²) in [6.45, 7) is 3.96. The molecular weight excluding hydrogens is 401 g/mol. The Balaban J connectivity index is 2.01.